The molecule has 8 rings (SSSR count). The van der Waals surface area contributed by atoms with Crippen LogP contribution in [0.15, 0.2) is 140 Å². The summed E-state index contributed by atoms with van der Waals surface area (Å²) in [6.45, 7) is 12.9. The molecule has 5 heteroatoms. The number of imidazole rings is 1. The van der Waals surface area contributed by atoms with Gasteiger partial charge >= 0.3 is 0 Å². The van der Waals surface area contributed by atoms with Gasteiger partial charge in [-0.15, -0.1) is 29.3 Å². The van der Waals surface area contributed by atoms with Crippen molar-refractivity contribution in [1.29, 1.82) is 0 Å². The second-order valence-corrected chi connectivity index (χ2v) is 16.8. The minimum Gasteiger partial charge on any atom is -0.507 e. The average Bonchev–Trinajstić information content (AvgIpc) is 3.59. The number of aryl methyl sites for hydroxylation is 2. The maximum atomic E-state index is 11.4. The third-order valence-electron chi connectivity index (χ3n) is 10.6. The van der Waals surface area contributed by atoms with Crippen LogP contribution in [0.25, 0.3) is 72.7 Å². The van der Waals surface area contributed by atoms with Crippen molar-refractivity contribution in [3.05, 3.63) is 168 Å². The van der Waals surface area contributed by atoms with Crippen molar-refractivity contribution in [3.8, 4) is 67.5 Å². The number of phenolic OH excluding ortho intramolecular Hbond substituents is 1. The Morgan fingerprint density at radius 2 is 1.28 bits per heavy atom. The molecule has 57 heavy (non-hydrogen) atoms. The zero-order valence-corrected chi connectivity index (χ0v) is 35.7. The number of hydrogen-bond donors (Lipinski definition) is 1. The molecule has 2 heterocycles. The van der Waals surface area contributed by atoms with Gasteiger partial charge < -0.3 is 5.11 Å². The molecule has 0 bridgehead atoms. The Hall–Kier alpha value is -5.57. The molecule has 2 aromatic heterocycles. The third-order valence-corrected chi connectivity index (χ3v) is 10.6. The first-order chi connectivity index (χ1) is 28.0. The quantitative estimate of drug-likeness (QED) is 0.169. The number of hydrogen-bond acceptors (Lipinski definition) is 3. The van der Waals surface area contributed by atoms with Crippen LogP contribution in [-0.4, -0.2) is 19.6 Å². The minimum absolute atomic E-state index is 0. The Morgan fingerprint density at radius 3 is 1.98 bits per heavy atom. The number of benzene rings is 6. The Balaban J connectivity index is 0.00000544. The zero-order valence-electron chi connectivity index (χ0n) is 36.4. The van der Waals surface area contributed by atoms with Gasteiger partial charge in [-0.3, -0.25) is 9.55 Å². The van der Waals surface area contributed by atoms with E-state index in [1.54, 1.807) is 24.3 Å². The number of nitrogens with zero attached hydrogens (tertiary/aromatic N) is 3. The smallest absolute Gasteiger partial charge is 0.148 e. The largest absolute Gasteiger partial charge is 0.507 e. The predicted molar refractivity (Wildman–Crippen MR) is 233 cm³/mol. The second-order valence-electron chi connectivity index (χ2n) is 16.8. The van der Waals surface area contributed by atoms with Crippen LogP contribution in [0.3, 0.4) is 0 Å². The number of para-hydroxylation sites is 2. The van der Waals surface area contributed by atoms with Gasteiger partial charge in [0.1, 0.15) is 11.6 Å². The average molecular weight is 929 g/mol. The molecule has 0 radical (unpaired) electrons. The van der Waals surface area contributed by atoms with E-state index in [4.69, 9.17) is 14.1 Å². The van der Waals surface area contributed by atoms with E-state index < -0.39 is 6.85 Å². The molecule has 4 nitrogen and oxygen atoms in total. The summed E-state index contributed by atoms with van der Waals surface area (Å²) in [6, 6.07) is 47.7. The number of pyridine rings is 1. The van der Waals surface area contributed by atoms with Crippen LogP contribution in [0.1, 0.15) is 67.9 Å². The monoisotopic (exact) mass is 928 g/mol. The van der Waals surface area contributed by atoms with Gasteiger partial charge in [-0.05, 0) is 83.3 Å². The SMILES string of the molecule is [2H]C([2H])([2H])c1ccc(-n2c(-c3ccccc3O)nc3c(-c4[c-]c(-c5cc(-c6ccc(C)cc6)ccn5)cc(C(C)(C)C)c4)cccc32)c(-c2ccc(C(C)(C)C)cc2)c1.[Pt]. The van der Waals surface area contributed by atoms with E-state index in [1.807, 2.05) is 47.2 Å². The number of fused-ring (bicyclic) bond motifs is 1. The normalized spacial score (nSPS) is 12.8. The van der Waals surface area contributed by atoms with E-state index in [-0.39, 0.29) is 43.2 Å². The van der Waals surface area contributed by atoms with Crippen molar-refractivity contribution in [3.63, 3.8) is 0 Å². The van der Waals surface area contributed by atoms with Gasteiger partial charge in [0.05, 0.1) is 22.3 Å². The Bertz CT molecular complexity index is 2850. The van der Waals surface area contributed by atoms with E-state index in [1.165, 1.54) is 11.1 Å². The zero-order chi connectivity index (χ0) is 41.9. The summed E-state index contributed by atoms with van der Waals surface area (Å²) in [5.41, 5.74) is 13.5. The van der Waals surface area contributed by atoms with Crippen LogP contribution >= 0.6 is 0 Å². The molecule has 288 valence electrons. The predicted octanol–water partition coefficient (Wildman–Crippen LogP) is 13.5. The van der Waals surface area contributed by atoms with Crippen molar-refractivity contribution in [2.24, 2.45) is 0 Å². The van der Waals surface area contributed by atoms with Crippen molar-refractivity contribution in [2.75, 3.05) is 0 Å². The molecule has 0 aliphatic carbocycles. The number of aromatic nitrogens is 3. The molecule has 6 aromatic carbocycles. The maximum Gasteiger partial charge on any atom is 0.148 e. The summed E-state index contributed by atoms with van der Waals surface area (Å²) in [5, 5.41) is 11.4. The molecular formula is C52H48N3OPt-. The molecular weight excluding hydrogens is 878 g/mol. The first kappa shape index (κ1) is 35.8. The van der Waals surface area contributed by atoms with Gasteiger partial charge in [0.25, 0.3) is 0 Å². The first-order valence-corrected chi connectivity index (χ1v) is 19.1. The third kappa shape index (κ3) is 7.89. The van der Waals surface area contributed by atoms with Gasteiger partial charge in [-0.25, -0.2) is 4.98 Å². The molecule has 0 amide bonds. The fraction of sp³-hybridized carbons (Fsp3) is 0.192. The van der Waals surface area contributed by atoms with E-state index >= 15 is 0 Å². The summed E-state index contributed by atoms with van der Waals surface area (Å²) in [5.74, 6) is 0.614. The van der Waals surface area contributed by atoms with Crippen LogP contribution in [-0.2, 0) is 31.9 Å². The van der Waals surface area contributed by atoms with Crippen LogP contribution in [0, 0.1) is 19.8 Å². The van der Waals surface area contributed by atoms with Gasteiger partial charge in [-0.1, -0.05) is 149 Å². The van der Waals surface area contributed by atoms with E-state index in [0.29, 0.717) is 16.9 Å². The number of rotatable bonds is 6. The fourth-order valence-electron chi connectivity index (χ4n) is 7.31. The summed E-state index contributed by atoms with van der Waals surface area (Å²) in [6.07, 6.45) is 1.86. The molecule has 0 atom stereocenters. The molecule has 0 aliphatic heterocycles. The maximum absolute atomic E-state index is 11.4. The van der Waals surface area contributed by atoms with Crippen molar-refractivity contribution >= 4 is 11.0 Å². The second kappa shape index (κ2) is 15.4. The molecule has 8 aromatic rings. The Kier molecular flexibility index (Phi) is 9.68. The van der Waals surface area contributed by atoms with Gasteiger partial charge in [0.15, 0.2) is 0 Å². The van der Waals surface area contributed by atoms with Crippen LogP contribution in [0.2, 0.25) is 0 Å². The number of aromatic hydroxyl groups is 1. The van der Waals surface area contributed by atoms with E-state index in [2.05, 4.69) is 127 Å². The van der Waals surface area contributed by atoms with E-state index in [9.17, 15) is 5.11 Å². The molecule has 0 unspecified atom stereocenters. The molecule has 0 saturated carbocycles. The van der Waals surface area contributed by atoms with Gasteiger partial charge in [0.2, 0.25) is 0 Å². The molecule has 1 N–H and O–H groups in total. The van der Waals surface area contributed by atoms with Gasteiger partial charge in [-0.2, -0.15) is 0 Å². The summed E-state index contributed by atoms with van der Waals surface area (Å²) < 4.78 is 27.0. The van der Waals surface area contributed by atoms with Crippen LogP contribution < -0.4 is 0 Å². The topological polar surface area (TPSA) is 50.9 Å². The molecule has 0 aliphatic rings. The van der Waals surface area contributed by atoms with Crippen molar-refractivity contribution in [1.82, 2.24) is 14.5 Å². The summed E-state index contributed by atoms with van der Waals surface area (Å²) in [4.78, 5) is 10.2. The van der Waals surface area contributed by atoms with E-state index in [0.717, 1.165) is 61.4 Å². The summed E-state index contributed by atoms with van der Waals surface area (Å²) in [7, 11) is 0. The molecule has 0 fully saturated rings. The summed E-state index contributed by atoms with van der Waals surface area (Å²) >= 11 is 0. The molecule has 0 saturated heterocycles. The van der Waals surface area contributed by atoms with Crippen molar-refractivity contribution in [2.45, 2.75) is 66.1 Å². The van der Waals surface area contributed by atoms with Crippen LogP contribution in [0.4, 0.5) is 0 Å². The van der Waals surface area contributed by atoms with Crippen molar-refractivity contribution < 1.29 is 30.3 Å². The minimum atomic E-state index is -2.32. The Morgan fingerprint density at radius 1 is 0.614 bits per heavy atom. The van der Waals surface area contributed by atoms with Gasteiger partial charge in [0, 0.05) is 42.6 Å². The first-order valence-electron chi connectivity index (χ1n) is 20.6. The molecule has 0 spiro atoms. The Labute approximate surface area is 355 Å². The van der Waals surface area contributed by atoms with Crippen LogP contribution in [0.5, 0.6) is 5.75 Å². The number of phenols is 1. The standard InChI is InChI=1S/C52H48N3O.Pt/c1-33-16-19-35(20-17-33)37-26-27-53-45(32-37)39-29-38(30-41(31-39)52(6,7)8)42-13-11-14-47-49(42)54-50(43-12-9-10-15-48(43)56)55(47)46-25-18-34(2)28-44(46)36-21-23-40(24-22-36)51(3,4)5;/h9-28,30-32,56H,1-8H3;/q-1;/i2D3;. The fourth-order valence-corrected chi connectivity index (χ4v) is 7.31.